The van der Waals surface area contributed by atoms with Gasteiger partial charge in [-0.25, -0.2) is 4.39 Å². The fourth-order valence-corrected chi connectivity index (χ4v) is 3.74. The smallest absolute Gasteiger partial charge is 0.255 e. The lowest BCUT2D eigenvalue weighted by Gasteiger charge is -2.17. The van der Waals surface area contributed by atoms with Gasteiger partial charge in [0.1, 0.15) is 11.6 Å². The van der Waals surface area contributed by atoms with Crippen LogP contribution in [-0.2, 0) is 9.59 Å². The summed E-state index contributed by atoms with van der Waals surface area (Å²) in [5.41, 5.74) is 1.73. The van der Waals surface area contributed by atoms with E-state index in [1.54, 1.807) is 60.7 Å². The van der Waals surface area contributed by atoms with Crippen LogP contribution in [-0.4, -0.2) is 30.9 Å². The van der Waals surface area contributed by atoms with Crippen LogP contribution in [0.2, 0.25) is 0 Å². The van der Waals surface area contributed by atoms with E-state index >= 15 is 0 Å². The van der Waals surface area contributed by atoms with E-state index in [-0.39, 0.29) is 36.4 Å². The van der Waals surface area contributed by atoms with Crippen molar-refractivity contribution in [2.45, 2.75) is 13.3 Å². The van der Waals surface area contributed by atoms with Crippen LogP contribution >= 0.6 is 0 Å². The van der Waals surface area contributed by atoms with E-state index in [4.69, 9.17) is 4.74 Å². The number of carbonyl (C=O) groups is 3. The zero-order chi connectivity index (χ0) is 24.1. The number of nitrogens with one attached hydrogen (secondary N) is 2. The Morgan fingerprint density at radius 2 is 1.62 bits per heavy atom. The molecule has 174 valence electrons. The standard InChI is InChI=1S/C26H24FN3O4/c1-2-34-21-13-11-20(12-14-21)28-25(32)17-7-9-19(10-8-17)29-26(33)18-15-24(31)30(16-18)23-6-4-3-5-22(23)27/h3-14,18H,2,15-16H2,1H3,(H,28,32)(H,29,33)/t18-/m0/s1. The first-order valence-electron chi connectivity index (χ1n) is 10.9. The average molecular weight is 461 g/mol. The number of rotatable bonds is 7. The quantitative estimate of drug-likeness (QED) is 0.544. The Bertz CT molecular complexity index is 1200. The van der Waals surface area contributed by atoms with Crippen LogP contribution in [0.5, 0.6) is 5.75 Å². The van der Waals surface area contributed by atoms with Crippen LogP contribution in [0.3, 0.4) is 0 Å². The molecule has 1 atom stereocenters. The third-order valence-electron chi connectivity index (χ3n) is 5.48. The van der Waals surface area contributed by atoms with E-state index in [2.05, 4.69) is 10.6 Å². The Balaban J connectivity index is 1.34. The molecular weight excluding hydrogens is 437 g/mol. The van der Waals surface area contributed by atoms with E-state index in [1.807, 2.05) is 6.92 Å². The van der Waals surface area contributed by atoms with Crippen LogP contribution in [0.1, 0.15) is 23.7 Å². The highest BCUT2D eigenvalue weighted by atomic mass is 19.1. The van der Waals surface area contributed by atoms with Crippen LogP contribution in [0.4, 0.5) is 21.5 Å². The molecule has 3 aromatic carbocycles. The number of hydrogen-bond acceptors (Lipinski definition) is 4. The van der Waals surface area contributed by atoms with Gasteiger partial charge in [-0.3, -0.25) is 14.4 Å². The average Bonchev–Trinajstić information content (AvgIpc) is 3.23. The van der Waals surface area contributed by atoms with E-state index in [1.165, 1.54) is 17.0 Å². The van der Waals surface area contributed by atoms with Gasteiger partial charge >= 0.3 is 0 Å². The summed E-state index contributed by atoms with van der Waals surface area (Å²) in [6.45, 7) is 2.57. The fraction of sp³-hybridized carbons (Fsp3) is 0.192. The highest BCUT2D eigenvalue weighted by molar-refractivity contribution is 6.05. The number of para-hydroxylation sites is 1. The molecule has 0 unspecified atom stereocenters. The Morgan fingerprint density at radius 3 is 2.29 bits per heavy atom. The molecule has 2 N–H and O–H groups in total. The van der Waals surface area contributed by atoms with Gasteiger partial charge < -0.3 is 20.3 Å². The number of benzene rings is 3. The summed E-state index contributed by atoms with van der Waals surface area (Å²) in [6, 6.07) is 19.5. The number of anilines is 3. The molecular formula is C26H24FN3O4. The summed E-state index contributed by atoms with van der Waals surface area (Å²) in [5, 5.41) is 5.57. The van der Waals surface area contributed by atoms with E-state index < -0.39 is 11.7 Å². The molecule has 4 rings (SSSR count). The summed E-state index contributed by atoms with van der Waals surface area (Å²) < 4.78 is 19.4. The summed E-state index contributed by atoms with van der Waals surface area (Å²) in [4.78, 5) is 38.8. The third-order valence-corrected chi connectivity index (χ3v) is 5.48. The van der Waals surface area contributed by atoms with Gasteiger partial charge in [0.2, 0.25) is 11.8 Å². The van der Waals surface area contributed by atoms with Crippen molar-refractivity contribution in [3.63, 3.8) is 0 Å². The molecule has 3 amide bonds. The molecule has 0 bridgehead atoms. The van der Waals surface area contributed by atoms with E-state index in [9.17, 15) is 18.8 Å². The lowest BCUT2D eigenvalue weighted by atomic mass is 10.1. The molecule has 3 aromatic rings. The minimum atomic E-state index is -0.602. The van der Waals surface area contributed by atoms with Crippen LogP contribution in [0.25, 0.3) is 0 Å². The number of carbonyl (C=O) groups excluding carboxylic acids is 3. The van der Waals surface area contributed by atoms with E-state index in [0.717, 1.165) is 5.75 Å². The fourth-order valence-electron chi connectivity index (χ4n) is 3.74. The predicted molar refractivity (Wildman–Crippen MR) is 127 cm³/mol. The molecule has 0 spiro atoms. The van der Waals surface area contributed by atoms with Gasteiger partial charge in [0, 0.05) is 29.9 Å². The Labute approximate surface area is 196 Å². The van der Waals surface area contributed by atoms with Gasteiger partial charge in [-0.05, 0) is 67.6 Å². The van der Waals surface area contributed by atoms with Gasteiger partial charge in [0.05, 0.1) is 18.2 Å². The van der Waals surface area contributed by atoms with Gasteiger partial charge in [0.25, 0.3) is 5.91 Å². The summed E-state index contributed by atoms with van der Waals surface area (Å²) in [6.07, 6.45) is 0.00272. The maximum Gasteiger partial charge on any atom is 0.255 e. The summed E-state index contributed by atoms with van der Waals surface area (Å²) >= 11 is 0. The SMILES string of the molecule is CCOc1ccc(NC(=O)c2ccc(NC(=O)[C@H]3CC(=O)N(c4ccccc4F)C3)cc2)cc1. The zero-order valence-corrected chi connectivity index (χ0v) is 18.6. The second-order valence-electron chi connectivity index (χ2n) is 7.83. The van der Waals surface area contributed by atoms with Crippen LogP contribution < -0.4 is 20.3 Å². The van der Waals surface area contributed by atoms with Crippen molar-refractivity contribution in [2.75, 3.05) is 28.7 Å². The Hall–Kier alpha value is -4.20. The molecule has 1 heterocycles. The van der Waals surface area contributed by atoms with Gasteiger partial charge in [0.15, 0.2) is 0 Å². The van der Waals surface area contributed by atoms with Crippen molar-refractivity contribution in [3.8, 4) is 5.75 Å². The maximum atomic E-state index is 14.0. The molecule has 1 fully saturated rings. The minimum Gasteiger partial charge on any atom is -0.494 e. The molecule has 1 saturated heterocycles. The van der Waals surface area contributed by atoms with Crippen molar-refractivity contribution >= 4 is 34.8 Å². The first kappa shape index (κ1) is 23.0. The number of hydrogen-bond donors (Lipinski definition) is 2. The molecule has 8 heteroatoms. The number of amides is 3. The highest BCUT2D eigenvalue weighted by Gasteiger charge is 2.36. The van der Waals surface area contributed by atoms with Crippen LogP contribution in [0.15, 0.2) is 72.8 Å². The van der Waals surface area contributed by atoms with Gasteiger partial charge in [-0.15, -0.1) is 0 Å². The van der Waals surface area contributed by atoms with E-state index in [0.29, 0.717) is 23.5 Å². The second kappa shape index (κ2) is 10.2. The molecule has 34 heavy (non-hydrogen) atoms. The second-order valence-corrected chi connectivity index (χ2v) is 7.83. The Morgan fingerprint density at radius 1 is 0.971 bits per heavy atom. The number of halogens is 1. The molecule has 0 aromatic heterocycles. The predicted octanol–water partition coefficient (Wildman–Crippen LogP) is 4.47. The van der Waals surface area contributed by atoms with Crippen molar-refractivity contribution < 1.29 is 23.5 Å². The number of nitrogens with zero attached hydrogens (tertiary/aromatic N) is 1. The first-order chi connectivity index (χ1) is 16.4. The van der Waals surface area contributed by atoms with Crippen molar-refractivity contribution in [3.05, 3.63) is 84.2 Å². The third kappa shape index (κ3) is 5.23. The summed E-state index contributed by atoms with van der Waals surface area (Å²) in [7, 11) is 0. The molecule has 0 radical (unpaired) electrons. The molecule has 0 aliphatic carbocycles. The normalized spacial score (nSPS) is 15.2. The lowest BCUT2D eigenvalue weighted by molar-refractivity contribution is -0.122. The monoisotopic (exact) mass is 461 g/mol. The molecule has 1 aliphatic heterocycles. The topological polar surface area (TPSA) is 87.7 Å². The van der Waals surface area contributed by atoms with Crippen LogP contribution in [0, 0.1) is 11.7 Å². The first-order valence-corrected chi connectivity index (χ1v) is 10.9. The number of ether oxygens (including phenoxy) is 1. The maximum absolute atomic E-state index is 14.0. The zero-order valence-electron chi connectivity index (χ0n) is 18.6. The molecule has 7 nitrogen and oxygen atoms in total. The highest BCUT2D eigenvalue weighted by Crippen LogP contribution is 2.28. The minimum absolute atomic E-state index is 0.00272. The lowest BCUT2D eigenvalue weighted by Crippen LogP contribution is -2.28. The van der Waals surface area contributed by atoms with Gasteiger partial charge in [-0.1, -0.05) is 12.1 Å². The van der Waals surface area contributed by atoms with Crippen molar-refractivity contribution in [2.24, 2.45) is 5.92 Å². The molecule has 1 aliphatic rings. The largest absolute Gasteiger partial charge is 0.494 e. The molecule has 0 saturated carbocycles. The Kier molecular flexibility index (Phi) is 6.87. The summed E-state index contributed by atoms with van der Waals surface area (Å²) in [5.74, 6) is -1.30. The van der Waals surface area contributed by atoms with Gasteiger partial charge in [-0.2, -0.15) is 0 Å². The van der Waals surface area contributed by atoms with Crippen molar-refractivity contribution in [1.82, 2.24) is 0 Å². The van der Waals surface area contributed by atoms with Crippen molar-refractivity contribution in [1.29, 1.82) is 0 Å².